The molecule has 1 atom stereocenters. The maximum Gasteiger partial charge on any atom is 0.249 e. The van der Waals surface area contributed by atoms with Gasteiger partial charge in [0.25, 0.3) is 0 Å². The van der Waals surface area contributed by atoms with Gasteiger partial charge in [-0.05, 0) is 66.6 Å². The summed E-state index contributed by atoms with van der Waals surface area (Å²) in [6.07, 6.45) is 5.69. The number of carbonyl (C=O) groups is 1. The Labute approximate surface area is 155 Å². The fourth-order valence-corrected chi connectivity index (χ4v) is 4.33. The zero-order valence-corrected chi connectivity index (χ0v) is 16.1. The molecule has 2 fully saturated rings. The summed E-state index contributed by atoms with van der Waals surface area (Å²) >= 11 is 1.70. The van der Waals surface area contributed by atoms with Gasteiger partial charge in [0.15, 0.2) is 0 Å². The normalized spacial score (nSPS) is 21.3. The predicted molar refractivity (Wildman–Crippen MR) is 101 cm³/mol. The van der Waals surface area contributed by atoms with Gasteiger partial charge in [-0.15, -0.1) is 12.4 Å². The molecule has 136 valence electrons. The highest BCUT2D eigenvalue weighted by molar-refractivity contribution is 7.07. The first-order valence-electron chi connectivity index (χ1n) is 8.84. The molecule has 1 unspecified atom stereocenters. The molecule has 1 aliphatic carbocycles. The third kappa shape index (κ3) is 4.72. The van der Waals surface area contributed by atoms with Crippen LogP contribution in [-0.4, -0.2) is 43.2 Å². The molecule has 1 N–H and O–H groups in total. The van der Waals surface area contributed by atoms with Gasteiger partial charge >= 0.3 is 0 Å². The van der Waals surface area contributed by atoms with Crippen LogP contribution in [0.15, 0.2) is 16.8 Å². The van der Waals surface area contributed by atoms with Gasteiger partial charge in [0.2, 0.25) is 5.91 Å². The highest BCUT2D eigenvalue weighted by Crippen LogP contribution is 2.56. The number of piperidine rings is 1. The van der Waals surface area contributed by atoms with E-state index in [4.69, 9.17) is 4.74 Å². The second-order valence-corrected chi connectivity index (χ2v) is 7.67. The molecule has 24 heavy (non-hydrogen) atoms. The summed E-state index contributed by atoms with van der Waals surface area (Å²) < 4.78 is 5.59. The van der Waals surface area contributed by atoms with E-state index >= 15 is 0 Å². The largest absolute Gasteiger partial charge is 0.372 e. The lowest BCUT2D eigenvalue weighted by atomic mass is 9.93. The smallest absolute Gasteiger partial charge is 0.249 e. The second kappa shape index (κ2) is 9.18. The van der Waals surface area contributed by atoms with Crippen molar-refractivity contribution >= 4 is 29.7 Å². The molecule has 1 saturated heterocycles. The molecule has 0 aromatic carbocycles. The molecule has 1 aliphatic heterocycles. The Morgan fingerprint density at radius 2 is 2.25 bits per heavy atom. The van der Waals surface area contributed by atoms with Crippen LogP contribution in [0.4, 0.5) is 0 Å². The molecule has 1 saturated carbocycles. The SMILES string of the molecule is CCCCOCC(=O)N(Cc1ccsc1)C1CC12CCNCC2.Cl. The Balaban J connectivity index is 0.00000208. The maximum absolute atomic E-state index is 12.7. The number of amides is 1. The Morgan fingerprint density at radius 1 is 1.46 bits per heavy atom. The van der Waals surface area contributed by atoms with Crippen molar-refractivity contribution in [1.29, 1.82) is 0 Å². The third-order valence-electron chi connectivity index (χ3n) is 5.24. The van der Waals surface area contributed by atoms with E-state index in [9.17, 15) is 4.79 Å². The van der Waals surface area contributed by atoms with Crippen LogP contribution in [0.3, 0.4) is 0 Å². The van der Waals surface area contributed by atoms with Crippen LogP contribution in [-0.2, 0) is 16.1 Å². The third-order valence-corrected chi connectivity index (χ3v) is 5.98. The average molecular weight is 373 g/mol. The number of hydrogen-bond donors (Lipinski definition) is 1. The van der Waals surface area contributed by atoms with Crippen molar-refractivity contribution in [2.75, 3.05) is 26.3 Å². The van der Waals surface area contributed by atoms with Gasteiger partial charge in [-0.2, -0.15) is 11.3 Å². The minimum absolute atomic E-state index is 0. The number of rotatable bonds is 8. The molecule has 2 aliphatic rings. The molecule has 1 amide bonds. The molecule has 0 radical (unpaired) electrons. The maximum atomic E-state index is 12.7. The van der Waals surface area contributed by atoms with E-state index in [2.05, 4.69) is 34.0 Å². The van der Waals surface area contributed by atoms with Crippen LogP contribution < -0.4 is 5.32 Å². The molecular formula is C18H29ClN2O2S. The molecular weight excluding hydrogens is 344 g/mol. The summed E-state index contributed by atoms with van der Waals surface area (Å²) in [4.78, 5) is 14.8. The number of unbranched alkanes of at least 4 members (excludes halogenated alkanes) is 1. The first kappa shape index (κ1) is 19.7. The van der Waals surface area contributed by atoms with Gasteiger partial charge in [0.1, 0.15) is 6.61 Å². The van der Waals surface area contributed by atoms with Gasteiger partial charge in [-0.3, -0.25) is 4.79 Å². The van der Waals surface area contributed by atoms with Crippen molar-refractivity contribution < 1.29 is 9.53 Å². The molecule has 4 nitrogen and oxygen atoms in total. The Hall–Kier alpha value is -0.620. The predicted octanol–water partition coefficient (Wildman–Crippen LogP) is 3.46. The van der Waals surface area contributed by atoms with Crippen molar-refractivity contribution in [1.82, 2.24) is 10.2 Å². The molecule has 3 rings (SSSR count). The van der Waals surface area contributed by atoms with E-state index in [1.165, 1.54) is 24.8 Å². The van der Waals surface area contributed by atoms with Gasteiger partial charge < -0.3 is 15.0 Å². The summed E-state index contributed by atoms with van der Waals surface area (Å²) in [6, 6.07) is 2.53. The molecule has 1 spiro atoms. The summed E-state index contributed by atoms with van der Waals surface area (Å²) in [6.45, 7) is 5.97. The van der Waals surface area contributed by atoms with Crippen LogP contribution >= 0.6 is 23.7 Å². The van der Waals surface area contributed by atoms with Gasteiger partial charge in [-0.25, -0.2) is 0 Å². The lowest BCUT2D eigenvalue weighted by molar-refractivity contribution is -0.138. The zero-order valence-electron chi connectivity index (χ0n) is 14.5. The Morgan fingerprint density at radius 3 is 2.92 bits per heavy atom. The summed E-state index contributed by atoms with van der Waals surface area (Å²) in [7, 11) is 0. The van der Waals surface area contributed by atoms with Gasteiger partial charge in [0, 0.05) is 19.2 Å². The van der Waals surface area contributed by atoms with Crippen LogP contribution in [0.2, 0.25) is 0 Å². The number of halogens is 1. The molecule has 6 heteroatoms. The van der Waals surface area contributed by atoms with Crippen molar-refractivity contribution in [2.24, 2.45) is 5.41 Å². The van der Waals surface area contributed by atoms with Crippen molar-refractivity contribution in [3.63, 3.8) is 0 Å². The van der Waals surface area contributed by atoms with Crippen LogP contribution in [0.1, 0.15) is 44.6 Å². The topological polar surface area (TPSA) is 41.6 Å². The van der Waals surface area contributed by atoms with Crippen LogP contribution in [0, 0.1) is 5.41 Å². The standard InChI is InChI=1S/C18H28N2O2S.ClH/c1-2-3-9-22-13-17(21)20(12-15-4-10-23-14-15)16-11-18(16)5-7-19-8-6-18;/h4,10,14,16,19H,2-3,5-9,11-13H2,1H3;1H. The van der Waals surface area contributed by atoms with E-state index in [0.717, 1.165) is 32.5 Å². The average Bonchev–Trinajstić information content (AvgIpc) is 2.99. The van der Waals surface area contributed by atoms with E-state index in [-0.39, 0.29) is 24.9 Å². The summed E-state index contributed by atoms with van der Waals surface area (Å²) in [5, 5.41) is 7.67. The number of carbonyl (C=O) groups excluding carboxylic acids is 1. The number of hydrogen-bond acceptors (Lipinski definition) is 4. The number of ether oxygens (including phenoxy) is 1. The Kier molecular flexibility index (Phi) is 7.54. The highest BCUT2D eigenvalue weighted by atomic mass is 35.5. The zero-order chi connectivity index (χ0) is 16.1. The second-order valence-electron chi connectivity index (χ2n) is 6.89. The molecule has 0 bridgehead atoms. The van der Waals surface area contributed by atoms with Gasteiger partial charge in [0.05, 0.1) is 0 Å². The van der Waals surface area contributed by atoms with Gasteiger partial charge in [-0.1, -0.05) is 13.3 Å². The first-order valence-corrected chi connectivity index (χ1v) is 9.78. The quantitative estimate of drug-likeness (QED) is 0.710. The molecule has 1 aromatic rings. The fourth-order valence-electron chi connectivity index (χ4n) is 3.67. The summed E-state index contributed by atoms with van der Waals surface area (Å²) in [5.41, 5.74) is 1.62. The van der Waals surface area contributed by atoms with E-state index in [1.807, 2.05) is 0 Å². The van der Waals surface area contributed by atoms with Crippen molar-refractivity contribution in [3.05, 3.63) is 22.4 Å². The van der Waals surface area contributed by atoms with Crippen molar-refractivity contribution in [2.45, 2.75) is 51.6 Å². The van der Waals surface area contributed by atoms with Crippen LogP contribution in [0.25, 0.3) is 0 Å². The minimum atomic E-state index is 0. The number of nitrogens with zero attached hydrogens (tertiary/aromatic N) is 1. The molecule has 1 aromatic heterocycles. The number of nitrogens with one attached hydrogen (secondary N) is 1. The highest BCUT2D eigenvalue weighted by Gasteiger charge is 2.57. The van der Waals surface area contributed by atoms with Crippen LogP contribution in [0.5, 0.6) is 0 Å². The van der Waals surface area contributed by atoms with E-state index in [0.29, 0.717) is 18.1 Å². The lowest BCUT2D eigenvalue weighted by Gasteiger charge is -2.29. The fraction of sp³-hybridized carbons (Fsp3) is 0.722. The van der Waals surface area contributed by atoms with Crippen molar-refractivity contribution in [3.8, 4) is 0 Å². The monoisotopic (exact) mass is 372 g/mol. The number of thiophene rings is 1. The van der Waals surface area contributed by atoms with E-state index in [1.54, 1.807) is 11.3 Å². The molecule has 2 heterocycles. The Bertz CT molecular complexity index is 503. The van der Waals surface area contributed by atoms with E-state index < -0.39 is 0 Å². The lowest BCUT2D eigenvalue weighted by Crippen LogP contribution is -2.40. The minimum Gasteiger partial charge on any atom is -0.372 e. The summed E-state index contributed by atoms with van der Waals surface area (Å²) in [5.74, 6) is 0.160. The first-order chi connectivity index (χ1) is 11.2.